The van der Waals surface area contributed by atoms with Gasteiger partial charge in [-0.25, -0.2) is 0 Å². The molecule has 2 fully saturated rings. The summed E-state index contributed by atoms with van der Waals surface area (Å²) in [5.41, 5.74) is 2.37. The molecule has 2 saturated heterocycles. The molecule has 1 atom stereocenters. The fourth-order valence-corrected chi connectivity index (χ4v) is 5.07. The van der Waals surface area contributed by atoms with E-state index in [0.717, 1.165) is 16.7 Å². The van der Waals surface area contributed by atoms with Crippen LogP contribution in [0.2, 0.25) is 0 Å². The maximum atomic E-state index is 13.4. The molecule has 6 heteroatoms. The zero-order valence-electron chi connectivity index (χ0n) is 19.5. The maximum Gasteiger partial charge on any atom is 0.254 e. The Morgan fingerprint density at radius 2 is 1.37 bits per heavy atom. The Morgan fingerprint density at radius 1 is 0.800 bits per heavy atom. The van der Waals surface area contributed by atoms with Crippen molar-refractivity contribution < 1.29 is 19.5 Å². The van der Waals surface area contributed by atoms with Crippen LogP contribution in [0.1, 0.15) is 35.2 Å². The lowest BCUT2D eigenvalue weighted by Gasteiger charge is -2.40. The molecule has 0 radical (unpaired) electrons. The highest BCUT2D eigenvalue weighted by molar-refractivity contribution is 6.04. The molecule has 2 heterocycles. The molecule has 2 aliphatic rings. The smallest absolute Gasteiger partial charge is 0.254 e. The number of Topliss-reactive ketones (excluding diaryl/α,β-unsaturated/α-hetero) is 1. The van der Waals surface area contributed by atoms with E-state index in [4.69, 9.17) is 0 Å². The molecule has 2 aliphatic heterocycles. The minimum absolute atomic E-state index is 0.0339. The van der Waals surface area contributed by atoms with Crippen LogP contribution in [0.5, 0.6) is 0 Å². The molecule has 0 bridgehead atoms. The van der Waals surface area contributed by atoms with E-state index in [1.54, 1.807) is 17.0 Å². The number of rotatable bonds is 4. The number of benzene rings is 3. The van der Waals surface area contributed by atoms with Crippen molar-refractivity contribution in [3.63, 3.8) is 0 Å². The highest BCUT2D eigenvalue weighted by Crippen LogP contribution is 2.33. The van der Waals surface area contributed by atoms with Gasteiger partial charge in [-0.05, 0) is 41.7 Å². The summed E-state index contributed by atoms with van der Waals surface area (Å²) < 4.78 is 0. The van der Waals surface area contributed by atoms with Crippen LogP contribution in [0.25, 0.3) is 11.1 Å². The second kappa shape index (κ2) is 9.47. The summed E-state index contributed by atoms with van der Waals surface area (Å²) in [5, 5.41) is 11.1. The Labute approximate surface area is 204 Å². The van der Waals surface area contributed by atoms with Gasteiger partial charge in [-0.1, -0.05) is 72.8 Å². The lowest BCUT2D eigenvalue weighted by atomic mass is 9.84. The van der Waals surface area contributed by atoms with Crippen LogP contribution < -0.4 is 0 Å². The van der Waals surface area contributed by atoms with Gasteiger partial charge < -0.3 is 14.9 Å². The van der Waals surface area contributed by atoms with E-state index in [1.807, 2.05) is 72.8 Å². The Kier molecular flexibility index (Phi) is 6.22. The molecule has 1 unspecified atom stereocenters. The number of nitrogens with zero attached hydrogens (tertiary/aromatic N) is 2. The SMILES string of the molecule is O=C1CC(C(=O)N2CCC(O)(c3ccccc3)CC2)N(C(=O)c2ccc(-c3ccccc3)cc2)C1. The van der Waals surface area contributed by atoms with Crippen LogP contribution in [-0.2, 0) is 15.2 Å². The number of piperidine rings is 1. The van der Waals surface area contributed by atoms with Crippen LogP contribution in [0, 0.1) is 0 Å². The number of hydrogen-bond acceptors (Lipinski definition) is 4. The number of likely N-dealkylation sites (tertiary alicyclic amines) is 2. The lowest BCUT2D eigenvalue weighted by Crippen LogP contribution is -2.52. The van der Waals surface area contributed by atoms with Gasteiger partial charge in [0.2, 0.25) is 5.91 Å². The summed E-state index contributed by atoms with van der Waals surface area (Å²) in [6.45, 7) is 0.697. The van der Waals surface area contributed by atoms with Crippen molar-refractivity contribution >= 4 is 17.6 Å². The number of ketones is 1. The van der Waals surface area contributed by atoms with Gasteiger partial charge in [0.1, 0.15) is 6.04 Å². The summed E-state index contributed by atoms with van der Waals surface area (Å²) in [6.07, 6.45) is 0.864. The first-order chi connectivity index (χ1) is 16.9. The number of carbonyl (C=O) groups excluding carboxylic acids is 3. The van der Waals surface area contributed by atoms with Crippen LogP contribution in [0.15, 0.2) is 84.9 Å². The molecule has 2 amide bonds. The number of hydrogen-bond donors (Lipinski definition) is 1. The predicted octanol–water partition coefficient (Wildman–Crippen LogP) is 3.65. The highest BCUT2D eigenvalue weighted by atomic mass is 16.3. The molecule has 0 spiro atoms. The molecule has 6 nitrogen and oxygen atoms in total. The van der Waals surface area contributed by atoms with E-state index in [0.29, 0.717) is 31.5 Å². The molecule has 3 aromatic rings. The van der Waals surface area contributed by atoms with Crippen molar-refractivity contribution in [2.75, 3.05) is 19.6 Å². The zero-order valence-corrected chi connectivity index (χ0v) is 19.5. The third-order valence-corrected chi connectivity index (χ3v) is 7.14. The fourth-order valence-electron chi connectivity index (χ4n) is 5.07. The van der Waals surface area contributed by atoms with Crippen molar-refractivity contribution in [3.05, 3.63) is 96.1 Å². The highest BCUT2D eigenvalue weighted by Gasteiger charge is 2.43. The van der Waals surface area contributed by atoms with Gasteiger partial charge in [0.25, 0.3) is 5.91 Å². The summed E-state index contributed by atoms with van der Waals surface area (Å²) >= 11 is 0. The predicted molar refractivity (Wildman–Crippen MR) is 132 cm³/mol. The van der Waals surface area contributed by atoms with Crippen molar-refractivity contribution in [1.82, 2.24) is 9.80 Å². The molecule has 0 aromatic heterocycles. The molecule has 0 saturated carbocycles. The third kappa shape index (κ3) is 4.62. The van der Waals surface area contributed by atoms with Crippen LogP contribution in [0.3, 0.4) is 0 Å². The standard InChI is InChI=1S/C29H28N2O4/c32-25-19-26(28(34)30-17-15-29(35,16-18-30)24-9-5-2-6-10-24)31(20-25)27(33)23-13-11-22(12-14-23)21-7-3-1-4-8-21/h1-14,26,35H,15-20H2. The maximum absolute atomic E-state index is 13.4. The third-order valence-electron chi connectivity index (χ3n) is 7.14. The second-order valence-corrected chi connectivity index (χ2v) is 9.36. The average Bonchev–Trinajstić information content (AvgIpc) is 3.31. The topological polar surface area (TPSA) is 77.9 Å². The summed E-state index contributed by atoms with van der Waals surface area (Å²) in [4.78, 5) is 42.1. The van der Waals surface area contributed by atoms with E-state index in [2.05, 4.69) is 0 Å². The first-order valence-electron chi connectivity index (χ1n) is 12.0. The van der Waals surface area contributed by atoms with Gasteiger partial charge in [0, 0.05) is 25.1 Å². The average molecular weight is 469 g/mol. The molecular weight excluding hydrogens is 440 g/mol. The van der Waals surface area contributed by atoms with Crippen LogP contribution >= 0.6 is 0 Å². The van der Waals surface area contributed by atoms with E-state index >= 15 is 0 Å². The Bertz CT molecular complexity index is 1220. The van der Waals surface area contributed by atoms with Crippen LogP contribution in [0.4, 0.5) is 0 Å². The molecule has 178 valence electrons. The molecule has 35 heavy (non-hydrogen) atoms. The first-order valence-corrected chi connectivity index (χ1v) is 12.0. The number of aliphatic hydroxyl groups is 1. The van der Waals surface area contributed by atoms with Crippen molar-refractivity contribution in [3.8, 4) is 11.1 Å². The molecular formula is C29H28N2O4. The Balaban J connectivity index is 1.28. The molecule has 3 aromatic carbocycles. The van der Waals surface area contributed by atoms with Gasteiger partial charge in [-0.2, -0.15) is 0 Å². The molecule has 5 rings (SSSR count). The molecule has 1 N–H and O–H groups in total. The van der Waals surface area contributed by atoms with E-state index < -0.39 is 11.6 Å². The summed E-state index contributed by atoms with van der Waals surface area (Å²) in [6, 6.07) is 25.8. The van der Waals surface area contributed by atoms with Gasteiger partial charge in [-0.3, -0.25) is 14.4 Å². The summed E-state index contributed by atoms with van der Waals surface area (Å²) in [7, 11) is 0. The van der Waals surface area contributed by atoms with Gasteiger partial charge in [-0.15, -0.1) is 0 Å². The summed E-state index contributed by atoms with van der Waals surface area (Å²) in [5.74, 6) is -0.651. The second-order valence-electron chi connectivity index (χ2n) is 9.36. The van der Waals surface area contributed by atoms with Crippen molar-refractivity contribution in [2.24, 2.45) is 0 Å². The van der Waals surface area contributed by atoms with E-state index in [1.165, 1.54) is 4.90 Å². The monoisotopic (exact) mass is 468 g/mol. The lowest BCUT2D eigenvalue weighted by molar-refractivity contribution is -0.140. The van der Waals surface area contributed by atoms with Crippen LogP contribution in [-0.4, -0.2) is 58.2 Å². The van der Waals surface area contributed by atoms with Crippen molar-refractivity contribution in [2.45, 2.75) is 30.9 Å². The first kappa shape index (κ1) is 23.0. The van der Waals surface area contributed by atoms with E-state index in [-0.39, 0.29) is 30.6 Å². The van der Waals surface area contributed by atoms with Crippen molar-refractivity contribution in [1.29, 1.82) is 0 Å². The number of amides is 2. The quantitative estimate of drug-likeness (QED) is 0.634. The minimum Gasteiger partial charge on any atom is -0.385 e. The van der Waals surface area contributed by atoms with Gasteiger partial charge in [0.15, 0.2) is 5.78 Å². The van der Waals surface area contributed by atoms with E-state index in [9.17, 15) is 19.5 Å². The Hall–Kier alpha value is -3.77. The zero-order chi connectivity index (χ0) is 24.4. The normalized spacial score (nSPS) is 19.6. The van der Waals surface area contributed by atoms with Gasteiger partial charge >= 0.3 is 0 Å². The van der Waals surface area contributed by atoms with Gasteiger partial charge in [0.05, 0.1) is 12.1 Å². The Morgan fingerprint density at radius 3 is 2.00 bits per heavy atom. The number of carbonyl (C=O) groups is 3. The largest absolute Gasteiger partial charge is 0.385 e. The minimum atomic E-state index is -0.973. The fraction of sp³-hybridized carbons (Fsp3) is 0.276. The molecule has 0 aliphatic carbocycles.